The summed E-state index contributed by atoms with van der Waals surface area (Å²) in [6, 6.07) is 34.6. The molecule has 8 N–H and O–H groups in total. The van der Waals surface area contributed by atoms with Crippen LogP contribution in [0.5, 0.6) is 0 Å². The monoisotopic (exact) mass is 829 g/mol. The molecule has 0 spiro atoms. The summed E-state index contributed by atoms with van der Waals surface area (Å²) in [5.41, 5.74) is 11.9. The van der Waals surface area contributed by atoms with Crippen molar-refractivity contribution < 1.29 is 32.8 Å². The second-order valence-corrected chi connectivity index (χ2v) is 16.4. The van der Waals surface area contributed by atoms with Gasteiger partial charge in [0.15, 0.2) is 5.84 Å². The number of nitrogens with zero attached hydrogens (tertiary/aromatic N) is 1. The van der Waals surface area contributed by atoms with Gasteiger partial charge in [-0.25, -0.2) is 13.1 Å². The van der Waals surface area contributed by atoms with Crippen molar-refractivity contribution in [1.82, 2.24) is 26.0 Å². The minimum Gasteiger partial charge on any atom is -0.409 e. The Balaban J connectivity index is 1.28. The van der Waals surface area contributed by atoms with E-state index in [4.69, 9.17) is 10.9 Å². The first-order valence-electron chi connectivity index (χ1n) is 19.4. The normalized spacial score (nSPS) is 17.1. The summed E-state index contributed by atoms with van der Waals surface area (Å²) < 4.78 is 29.7. The van der Waals surface area contributed by atoms with Crippen LogP contribution in [0, 0.1) is 0 Å². The summed E-state index contributed by atoms with van der Waals surface area (Å²) in [5.74, 6) is -2.05. The first-order valence-corrected chi connectivity index (χ1v) is 21.0. The zero-order valence-electron chi connectivity index (χ0n) is 32.8. The summed E-state index contributed by atoms with van der Waals surface area (Å²) in [6.07, 6.45) is 0.286. The van der Waals surface area contributed by atoms with Gasteiger partial charge in [-0.2, -0.15) is 0 Å². The fourth-order valence-electron chi connectivity index (χ4n) is 6.69. The number of nitrogens with two attached hydrogens (primary N) is 1. The molecule has 3 aliphatic heterocycles. The van der Waals surface area contributed by atoms with Crippen molar-refractivity contribution in [1.29, 1.82) is 0 Å². The number of amides is 4. The maximum absolute atomic E-state index is 14.2. The van der Waals surface area contributed by atoms with E-state index in [-0.39, 0.29) is 68.7 Å². The summed E-state index contributed by atoms with van der Waals surface area (Å²) >= 11 is 0. The molecule has 3 heterocycles. The molecule has 0 unspecified atom stereocenters. The molecule has 4 amide bonds. The molecule has 0 radical (unpaired) electrons. The Bertz CT molecular complexity index is 2430. The average molecular weight is 830 g/mol. The molecular weight excluding hydrogens is 783 g/mol. The third-order valence-electron chi connectivity index (χ3n) is 9.92. The molecule has 6 bridgehead atoms. The van der Waals surface area contributed by atoms with Gasteiger partial charge in [-0.3, -0.25) is 19.2 Å². The number of oxime groups is 1. The number of benzene rings is 5. The zero-order valence-corrected chi connectivity index (χ0v) is 33.6. The number of hydrogen-bond acceptors (Lipinski definition) is 8. The Labute approximate surface area is 348 Å². The molecular formula is C45H47N7O7S. The number of sulfonamides is 1. The van der Waals surface area contributed by atoms with E-state index in [1.165, 1.54) is 0 Å². The lowest BCUT2D eigenvalue weighted by atomic mass is 10.0. The average Bonchev–Trinajstić information content (AvgIpc) is 3.24. The molecule has 5 aromatic rings. The highest BCUT2D eigenvalue weighted by Gasteiger charge is 2.29. The van der Waals surface area contributed by atoms with Crippen LogP contribution in [-0.2, 0) is 80.3 Å². The highest BCUT2D eigenvalue weighted by atomic mass is 32.2. The van der Waals surface area contributed by atoms with Gasteiger partial charge in [0, 0.05) is 31.6 Å². The van der Waals surface area contributed by atoms with Crippen molar-refractivity contribution in [3.05, 3.63) is 177 Å². The number of carbonyl (C=O) groups is 4. The summed E-state index contributed by atoms with van der Waals surface area (Å²) in [5, 5.41) is 23.5. The lowest BCUT2D eigenvalue weighted by Gasteiger charge is -2.24. The lowest BCUT2D eigenvalue weighted by molar-refractivity contribution is -0.129. The van der Waals surface area contributed by atoms with Gasteiger partial charge in [0.1, 0.15) is 12.1 Å². The van der Waals surface area contributed by atoms with Gasteiger partial charge in [-0.1, -0.05) is 133 Å². The second-order valence-electron chi connectivity index (χ2n) is 14.6. The summed E-state index contributed by atoms with van der Waals surface area (Å²) in [7, 11) is -4.06. The first-order chi connectivity index (χ1) is 28.9. The molecule has 15 heteroatoms. The second kappa shape index (κ2) is 20.2. The van der Waals surface area contributed by atoms with Crippen LogP contribution in [0.1, 0.15) is 50.1 Å². The van der Waals surface area contributed by atoms with Gasteiger partial charge < -0.3 is 32.2 Å². The Morgan fingerprint density at radius 2 is 1.23 bits per heavy atom. The predicted octanol–water partition coefficient (Wildman–Crippen LogP) is 2.89. The van der Waals surface area contributed by atoms with Crippen molar-refractivity contribution >= 4 is 39.5 Å². The molecule has 3 aliphatic rings. The first kappa shape index (κ1) is 42.8. The van der Waals surface area contributed by atoms with E-state index < -0.39 is 33.9 Å². The molecule has 0 saturated heterocycles. The van der Waals surface area contributed by atoms with Crippen LogP contribution in [0.4, 0.5) is 0 Å². The maximum atomic E-state index is 14.2. The number of hydrogen-bond donors (Lipinski definition) is 7. The summed E-state index contributed by atoms with van der Waals surface area (Å²) in [4.78, 5) is 53.9. The van der Waals surface area contributed by atoms with Crippen LogP contribution in [0.2, 0.25) is 0 Å². The quantitative estimate of drug-likeness (QED) is 0.0532. The van der Waals surface area contributed by atoms with E-state index in [9.17, 15) is 27.6 Å². The van der Waals surface area contributed by atoms with Crippen molar-refractivity contribution in [3.63, 3.8) is 0 Å². The van der Waals surface area contributed by atoms with E-state index in [0.717, 1.165) is 22.3 Å². The molecule has 310 valence electrons. The molecule has 60 heavy (non-hydrogen) atoms. The Hall–Kier alpha value is -6.84. The maximum Gasteiger partial charge on any atom is 0.243 e. The molecule has 8 rings (SSSR count). The largest absolute Gasteiger partial charge is 0.409 e. The number of carbonyl (C=O) groups excluding carboxylic acids is 4. The molecule has 0 aromatic heterocycles. The van der Waals surface area contributed by atoms with Gasteiger partial charge in [0.25, 0.3) is 0 Å². The Morgan fingerprint density at radius 3 is 1.80 bits per heavy atom. The number of rotatable bonds is 8. The van der Waals surface area contributed by atoms with Gasteiger partial charge in [-0.15, -0.1) is 0 Å². The topological polar surface area (TPSA) is 221 Å². The van der Waals surface area contributed by atoms with E-state index >= 15 is 0 Å². The van der Waals surface area contributed by atoms with Crippen molar-refractivity contribution in [2.24, 2.45) is 10.9 Å². The van der Waals surface area contributed by atoms with E-state index in [1.54, 1.807) is 91.0 Å². The molecule has 2 atom stereocenters. The van der Waals surface area contributed by atoms with Crippen LogP contribution in [0.25, 0.3) is 0 Å². The van der Waals surface area contributed by atoms with E-state index in [0.29, 0.717) is 27.8 Å². The van der Waals surface area contributed by atoms with Crippen molar-refractivity contribution in [3.8, 4) is 0 Å². The minimum atomic E-state index is -4.06. The third-order valence-corrected chi connectivity index (χ3v) is 11.3. The highest BCUT2D eigenvalue weighted by Crippen LogP contribution is 2.14. The van der Waals surface area contributed by atoms with E-state index in [1.807, 2.05) is 36.4 Å². The van der Waals surface area contributed by atoms with Gasteiger partial charge >= 0.3 is 0 Å². The predicted molar refractivity (Wildman–Crippen MR) is 227 cm³/mol. The van der Waals surface area contributed by atoms with Crippen LogP contribution in [0.15, 0.2) is 133 Å². The third kappa shape index (κ3) is 12.8. The van der Waals surface area contributed by atoms with Crippen LogP contribution >= 0.6 is 0 Å². The number of nitrogens with one attached hydrogen (secondary N) is 5. The SMILES string of the molecule is N/C(=N\O)c1ccc(CNC(=O)[C@@H]2Cc3ccc(cc3)CNC(=O)Cc3cccc(c3)CC(=O)NCc3ccc(cc3)C[C@@H](NS(=O)(=O)Cc3ccccc3)C(=O)N2)cc1. The van der Waals surface area contributed by atoms with Crippen molar-refractivity contribution in [2.45, 2.75) is 63.2 Å². The molecule has 0 aliphatic carbocycles. The Morgan fingerprint density at radius 1 is 0.683 bits per heavy atom. The molecule has 14 nitrogen and oxygen atoms in total. The van der Waals surface area contributed by atoms with Crippen LogP contribution < -0.4 is 31.7 Å². The summed E-state index contributed by atoms with van der Waals surface area (Å²) in [6.45, 7) is 0.575. The van der Waals surface area contributed by atoms with Gasteiger partial charge in [0.2, 0.25) is 33.7 Å². The van der Waals surface area contributed by atoms with Gasteiger partial charge in [0.05, 0.1) is 18.6 Å². The number of fused-ring (bicyclic) bond motifs is 2. The lowest BCUT2D eigenvalue weighted by Crippen LogP contribution is -2.55. The molecule has 0 saturated carbocycles. The van der Waals surface area contributed by atoms with Gasteiger partial charge in [-0.05, 0) is 50.9 Å². The standard InChI is InChI=1S/C45H47N7O7S/c46-43(51-57)38-19-17-34(18-20-38)28-49-44(55)39-22-30-9-13-32(14-10-30)26-47-41(53)24-36-7-4-8-37(21-36)25-42(54)48-27-33-15-11-31(12-16-33)23-40(45(56)50-39)52-60(58,59)29-35-5-2-1-3-6-35/h1-21,39-40,52,57H,22-29H2,(H2,46,51)(H,47,53)(H,48,54)(H,49,55)(H,50,56)/t39-,40+/m0/s1. The van der Waals surface area contributed by atoms with Crippen LogP contribution in [-0.4, -0.2) is 55.2 Å². The fraction of sp³-hybridized carbons (Fsp3) is 0.222. The Kier molecular flexibility index (Phi) is 14.4. The fourth-order valence-corrected chi connectivity index (χ4v) is 8.03. The zero-order chi connectivity index (χ0) is 42.5. The van der Waals surface area contributed by atoms with E-state index in [2.05, 4.69) is 31.1 Å². The molecule has 0 fully saturated rings. The smallest absolute Gasteiger partial charge is 0.243 e. The minimum absolute atomic E-state index is 0.0375. The van der Waals surface area contributed by atoms with Crippen molar-refractivity contribution in [2.75, 3.05) is 0 Å². The number of amidine groups is 1. The molecule has 5 aromatic carbocycles. The highest BCUT2D eigenvalue weighted by molar-refractivity contribution is 7.88. The van der Waals surface area contributed by atoms with Crippen LogP contribution in [0.3, 0.4) is 0 Å².